The Morgan fingerprint density at radius 1 is 1.16 bits per heavy atom. The first-order valence-electron chi connectivity index (χ1n) is 5.83. The Morgan fingerprint density at radius 2 is 1.89 bits per heavy atom. The first-order chi connectivity index (χ1) is 9.11. The van der Waals surface area contributed by atoms with E-state index in [0.29, 0.717) is 11.3 Å². The molecule has 0 heterocycles. The van der Waals surface area contributed by atoms with Gasteiger partial charge in [-0.15, -0.1) is 0 Å². The first kappa shape index (κ1) is 13.0. The molecule has 4 nitrogen and oxygen atoms in total. The van der Waals surface area contributed by atoms with Crippen LogP contribution in [0.2, 0.25) is 0 Å². The number of amides is 1. The summed E-state index contributed by atoms with van der Waals surface area (Å²) in [6.45, 7) is 0. The first-order valence-corrected chi connectivity index (χ1v) is 5.83. The summed E-state index contributed by atoms with van der Waals surface area (Å²) in [5.41, 5.74) is 1.16. The Morgan fingerprint density at radius 3 is 2.58 bits per heavy atom. The van der Waals surface area contributed by atoms with Crippen molar-refractivity contribution in [3.8, 4) is 11.5 Å². The number of phenolic OH excluding ortho intramolecular Hbond substituents is 1. The molecule has 0 aliphatic rings. The van der Waals surface area contributed by atoms with Gasteiger partial charge in [-0.05, 0) is 30.3 Å². The van der Waals surface area contributed by atoms with Crippen molar-refractivity contribution in [3.05, 3.63) is 54.1 Å². The van der Waals surface area contributed by atoms with Gasteiger partial charge in [0.2, 0.25) is 0 Å². The van der Waals surface area contributed by atoms with Crippen molar-refractivity contribution in [2.24, 2.45) is 0 Å². The van der Waals surface area contributed by atoms with Gasteiger partial charge in [-0.25, -0.2) is 0 Å². The number of nitrogens with zero attached hydrogens (tertiary/aromatic N) is 1. The second-order valence-electron chi connectivity index (χ2n) is 4.12. The monoisotopic (exact) mass is 257 g/mol. The largest absolute Gasteiger partial charge is 0.508 e. The van der Waals surface area contributed by atoms with Crippen LogP contribution in [-0.2, 0) is 0 Å². The Labute approximate surface area is 111 Å². The van der Waals surface area contributed by atoms with Crippen molar-refractivity contribution >= 4 is 11.6 Å². The predicted molar refractivity (Wildman–Crippen MR) is 73.8 cm³/mol. The van der Waals surface area contributed by atoms with Crippen LogP contribution in [0.15, 0.2) is 48.5 Å². The zero-order valence-corrected chi connectivity index (χ0v) is 10.8. The molecule has 2 aromatic rings. The van der Waals surface area contributed by atoms with Crippen LogP contribution in [0.4, 0.5) is 5.69 Å². The minimum absolute atomic E-state index is 0.0740. The summed E-state index contributed by atoms with van der Waals surface area (Å²) in [6, 6.07) is 13.5. The maximum Gasteiger partial charge on any atom is 0.258 e. The molecule has 0 radical (unpaired) electrons. The maximum absolute atomic E-state index is 12.3. The van der Waals surface area contributed by atoms with Crippen molar-refractivity contribution in [2.45, 2.75) is 0 Å². The summed E-state index contributed by atoms with van der Waals surface area (Å²) in [5, 5.41) is 9.41. The summed E-state index contributed by atoms with van der Waals surface area (Å²) in [7, 11) is 3.26. The van der Waals surface area contributed by atoms with E-state index in [2.05, 4.69) is 0 Å². The van der Waals surface area contributed by atoms with Crippen molar-refractivity contribution < 1.29 is 14.6 Å². The molecule has 0 atom stereocenters. The number of benzene rings is 2. The lowest BCUT2D eigenvalue weighted by atomic mass is 10.2. The smallest absolute Gasteiger partial charge is 0.258 e. The fourth-order valence-corrected chi connectivity index (χ4v) is 1.77. The Balaban J connectivity index is 2.28. The third kappa shape index (κ3) is 2.85. The molecule has 0 aliphatic carbocycles. The van der Waals surface area contributed by atoms with E-state index < -0.39 is 0 Å². The van der Waals surface area contributed by atoms with Crippen LogP contribution in [0.1, 0.15) is 10.4 Å². The molecule has 19 heavy (non-hydrogen) atoms. The fraction of sp³-hybridized carbons (Fsp3) is 0.133. The van der Waals surface area contributed by atoms with Crippen molar-refractivity contribution in [1.82, 2.24) is 0 Å². The minimum Gasteiger partial charge on any atom is -0.508 e. The van der Waals surface area contributed by atoms with E-state index in [1.54, 1.807) is 32.4 Å². The second kappa shape index (κ2) is 5.44. The average molecular weight is 257 g/mol. The summed E-state index contributed by atoms with van der Waals surface area (Å²) in [5.74, 6) is 0.571. The van der Waals surface area contributed by atoms with Gasteiger partial charge < -0.3 is 14.7 Å². The molecule has 0 saturated carbocycles. The van der Waals surface area contributed by atoms with E-state index in [4.69, 9.17) is 4.74 Å². The van der Waals surface area contributed by atoms with Crippen LogP contribution in [-0.4, -0.2) is 25.2 Å². The van der Waals surface area contributed by atoms with E-state index in [1.165, 1.54) is 17.0 Å². The van der Waals surface area contributed by atoms with Gasteiger partial charge in [0, 0.05) is 24.4 Å². The van der Waals surface area contributed by atoms with Gasteiger partial charge in [-0.3, -0.25) is 4.79 Å². The molecule has 0 spiro atoms. The number of phenols is 1. The number of carbonyl (C=O) groups is 1. The maximum atomic E-state index is 12.3. The molecular weight excluding hydrogens is 242 g/mol. The van der Waals surface area contributed by atoms with Crippen LogP contribution in [0.5, 0.6) is 11.5 Å². The van der Waals surface area contributed by atoms with E-state index >= 15 is 0 Å². The third-order valence-corrected chi connectivity index (χ3v) is 2.84. The number of carbonyl (C=O) groups excluding carboxylic acids is 1. The van der Waals surface area contributed by atoms with Crippen LogP contribution >= 0.6 is 0 Å². The molecule has 0 saturated heterocycles. The lowest BCUT2D eigenvalue weighted by Gasteiger charge is -2.18. The number of hydrogen-bond acceptors (Lipinski definition) is 3. The van der Waals surface area contributed by atoms with Gasteiger partial charge in [0.25, 0.3) is 5.91 Å². The molecule has 0 fully saturated rings. The van der Waals surface area contributed by atoms with Gasteiger partial charge in [0.05, 0.1) is 7.11 Å². The van der Waals surface area contributed by atoms with Crippen LogP contribution < -0.4 is 9.64 Å². The number of methoxy groups -OCH3 is 1. The van der Waals surface area contributed by atoms with Gasteiger partial charge in [0.1, 0.15) is 11.5 Å². The topological polar surface area (TPSA) is 49.8 Å². The van der Waals surface area contributed by atoms with E-state index in [1.807, 2.05) is 18.2 Å². The van der Waals surface area contributed by atoms with Gasteiger partial charge in [-0.2, -0.15) is 0 Å². The molecule has 2 rings (SSSR count). The lowest BCUT2D eigenvalue weighted by molar-refractivity contribution is 0.0992. The highest BCUT2D eigenvalue weighted by Crippen LogP contribution is 2.22. The third-order valence-electron chi connectivity index (χ3n) is 2.84. The Hall–Kier alpha value is -2.49. The molecule has 4 heteroatoms. The highest BCUT2D eigenvalue weighted by Gasteiger charge is 2.14. The summed E-state index contributed by atoms with van der Waals surface area (Å²) < 4.78 is 5.13. The number of hydrogen-bond donors (Lipinski definition) is 1. The van der Waals surface area contributed by atoms with Crippen LogP contribution in [0.25, 0.3) is 0 Å². The molecule has 1 amide bonds. The highest BCUT2D eigenvalue weighted by atomic mass is 16.5. The van der Waals surface area contributed by atoms with Crippen LogP contribution in [0, 0.1) is 0 Å². The summed E-state index contributed by atoms with van der Waals surface area (Å²) >= 11 is 0. The Kier molecular flexibility index (Phi) is 3.71. The highest BCUT2D eigenvalue weighted by molar-refractivity contribution is 6.06. The molecule has 0 unspecified atom stereocenters. The molecule has 0 aromatic heterocycles. The average Bonchev–Trinajstić information content (AvgIpc) is 2.45. The molecule has 0 aliphatic heterocycles. The minimum atomic E-state index is -0.191. The standard InChI is InChI=1S/C15H15NO3/c1-16(12-6-4-8-14(10-12)19-2)15(18)11-5-3-7-13(17)9-11/h3-10,17H,1-2H3. The number of ether oxygens (including phenoxy) is 1. The molecule has 1 N–H and O–H groups in total. The second-order valence-corrected chi connectivity index (χ2v) is 4.12. The fourth-order valence-electron chi connectivity index (χ4n) is 1.77. The molecule has 0 bridgehead atoms. The SMILES string of the molecule is COc1cccc(N(C)C(=O)c2cccc(O)c2)c1. The number of anilines is 1. The van der Waals surface area contributed by atoms with Gasteiger partial charge >= 0.3 is 0 Å². The molecule has 98 valence electrons. The van der Waals surface area contributed by atoms with Gasteiger partial charge in [-0.1, -0.05) is 12.1 Å². The molecular formula is C15H15NO3. The normalized spacial score (nSPS) is 10.0. The quantitative estimate of drug-likeness (QED) is 0.919. The van der Waals surface area contributed by atoms with E-state index in [-0.39, 0.29) is 11.7 Å². The van der Waals surface area contributed by atoms with E-state index in [0.717, 1.165) is 5.69 Å². The predicted octanol–water partition coefficient (Wildman–Crippen LogP) is 2.68. The summed E-state index contributed by atoms with van der Waals surface area (Å²) in [4.78, 5) is 13.8. The number of aromatic hydroxyl groups is 1. The van der Waals surface area contributed by atoms with Crippen molar-refractivity contribution in [2.75, 3.05) is 19.1 Å². The zero-order chi connectivity index (χ0) is 13.8. The molecule has 2 aromatic carbocycles. The summed E-state index contributed by atoms with van der Waals surface area (Å²) in [6.07, 6.45) is 0. The zero-order valence-electron chi connectivity index (χ0n) is 10.8. The lowest BCUT2D eigenvalue weighted by Crippen LogP contribution is -2.26. The number of rotatable bonds is 3. The Bertz CT molecular complexity index is 595. The van der Waals surface area contributed by atoms with E-state index in [9.17, 15) is 9.90 Å². The van der Waals surface area contributed by atoms with Crippen molar-refractivity contribution in [1.29, 1.82) is 0 Å². The van der Waals surface area contributed by atoms with Gasteiger partial charge in [0.15, 0.2) is 0 Å². The van der Waals surface area contributed by atoms with Crippen molar-refractivity contribution in [3.63, 3.8) is 0 Å². The van der Waals surface area contributed by atoms with Crippen LogP contribution in [0.3, 0.4) is 0 Å².